The smallest absolute Gasteiger partial charge is 0.306 e. The number of rotatable bonds is 4. The lowest BCUT2D eigenvalue weighted by molar-refractivity contribution is -0.144. The van der Waals surface area contributed by atoms with Crippen LogP contribution in [0, 0.1) is 15.4 Å². The number of benzene rings is 1. The zero-order valence-corrected chi connectivity index (χ0v) is 13.3. The van der Waals surface area contributed by atoms with Crippen molar-refractivity contribution < 1.29 is 14.7 Å². The summed E-state index contributed by atoms with van der Waals surface area (Å²) in [5.74, 6) is -1.13. The number of hydrogen-bond acceptors (Lipinski definition) is 2. The van der Waals surface area contributed by atoms with E-state index < -0.39 is 5.97 Å². The van der Waals surface area contributed by atoms with Crippen molar-refractivity contribution in [2.75, 3.05) is 6.54 Å². The summed E-state index contributed by atoms with van der Waals surface area (Å²) in [5, 5.41) is 12.1. The van der Waals surface area contributed by atoms with Gasteiger partial charge in [0.15, 0.2) is 0 Å². The van der Waals surface area contributed by atoms with Crippen molar-refractivity contribution in [1.82, 2.24) is 5.32 Å². The van der Waals surface area contributed by atoms with Gasteiger partial charge in [0.25, 0.3) is 5.91 Å². The average Bonchev–Trinajstić information content (AvgIpc) is 2.45. The second kappa shape index (κ2) is 7.06. The van der Waals surface area contributed by atoms with Gasteiger partial charge in [0, 0.05) is 10.1 Å². The Kier molecular flexibility index (Phi) is 5.39. The van der Waals surface area contributed by atoms with Crippen molar-refractivity contribution >= 4 is 34.5 Å². The lowest BCUT2D eigenvalue weighted by Crippen LogP contribution is -2.37. The minimum Gasteiger partial charge on any atom is -0.481 e. The van der Waals surface area contributed by atoms with Crippen LogP contribution in [0.25, 0.3) is 0 Å². The van der Waals surface area contributed by atoms with Crippen molar-refractivity contribution in [2.24, 2.45) is 11.8 Å². The second-order valence-electron chi connectivity index (χ2n) is 5.18. The molecule has 4 nitrogen and oxygen atoms in total. The Morgan fingerprint density at radius 2 is 1.95 bits per heavy atom. The van der Waals surface area contributed by atoms with Crippen LogP contribution in [0.4, 0.5) is 0 Å². The van der Waals surface area contributed by atoms with E-state index in [-0.39, 0.29) is 17.7 Å². The molecule has 1 aliphatic carbocycles. The molecule has 0 saturated heterocycles. The predicted molar refractivity (Wildman–Crippen MR) is 84.6 cm³/mol. The number of carboxylic acids is 1. The number of carbonyl (C=O) groups excluding carboxylic acids is 1. The van der Waals surface area contributed by atoms with Crippen LogP contribution in [0.15, 0.2) is 24.3 Å². The average molecular weight is 387 g/mol. The van der Waals surface area contributed by atoms with E-state index in [1.165, 1.54) is 0 Å². The summed E-state index contributed by atoms with van der Waals surface area (Å²) in [6.07, 6.45) is 3.62. The van der Waals surface area contributed by atoms with Crippen LogP contribution in [0.1, 0.15) is 36.0 Å². The van der Waals surface area contributed by atoms with E-state index >= 15 is 0 Å². The topological polar surface area (TPSA) is 66.4 Å². The Morgan fingerprint density at radius 1 is 1.25 bits per heavy atom. The highest BCUT2D eigenvalue weighted by Gasteiger charge is 2.30. The molecular formula is C15H18INO3. The molecule has 1 aromatic rings. The van der Waals surface area contributed by atoms with Gasteiger partial charge in [-0.15, -0.1) is 0 Å². The first kappa shape index (κ1) is 15.3. The molecule has 108 valence electrons. The monoisotopic (exact) mass is 387 g/mol. The second-order valence-corrected chi connectivity index (χ2v) is 6.34. The third-order valence-corrected chi connectivity index (χ3v) is 4.81. The summed E-state index contributed by atoms with van der Waals surface area (Å²) in [4.78, 5) is 23.3. The van der Waals surface area contributed by atoms with Gasteiger partial charge >= 0.3 is 5.97 Å². The van der Waals surface area contributed by atoms with Crippen LogP contribution in [0.5, 0.6) is 0 Å². The highest BCUT2D eigenvalue weighted by atomic mass is 127. The Bertz CT molecular complexity index is 504. The van der Waals surface area contributed by atoms with Crippen molar-refractivity contribution in [3.05, 3.63) is 33.4 Å². The van der Waals surface area contributed by atoms with E-state index in [0.29, 0.717) is 12.1 Å². The maximum Gasteiger partial charge on any atom is 0.306 e. The normalized spacial score (nSPS) is 22.2. The first-order valence-corrected chi connectivity index (χ1v) is 7.93. The van der Waals surface area contributed by atoms with Gasteiger partial charge in [-0.25, -0.2) is 0 Å². The van der Waals surface area contributed by atoms with Crippen molar-refractivity contribution in [1.29, 1.82) is 0 Å². The molecule has 0 aromatic heterocycles. The van der Waals surface area contributed by atoms with Gasteiger partial charge in [-0.3, -0.25) is 9.59 Å². The molecule has 0 heterocycles. The number of aliphatic carboxylic acids is 1. The number of hydrogen-bond donors (Lipinski definition) is 2. The quantitative estimate of drug-likeness (QED) is 0.781. The van der Waals surface area contributed by atoms with Crippen LogP contribution >= 0.6 is 22.6 Å². The first-order chi connectivity index (χ1) is 9.59. The summed E-state index contributed by atoms with van der Waals surface area (Å²) >= 11 is 2.13. The molecule has 5 heteroatoms. The molecule has 2 unspecified atom stereocenters. The number of amides is 1. The van der Waals surface area contributed by atoms with Gasteiger partial charge in [0.1, 0.15) is 0 Å². The molecule has 0 aliphatic heterocycles. The van der Waals surface area contributed by atoms with Gasteiger partial charge in [0.05, 0.1) is 11.5 Å². The third kappa shape index (κ3) is 3.71. The molecule has 1 amide bonds. The Morgan fingerprint density at radius 3 is 2.65 bits per heavy atom. The number of carbonyl (C=O) groups is 2. The summed E-state index contributed by atoms with van der Waals surface area (Å²) in [6.45, 7) is 0.445. The van der Waals surface area contributed by atoms with Crippen LogP contribution in [-0.2, 0) is 4.79 Å². The predicted octanol–water partition coefficient (Wildman–Crippen LogP) is 2.91. The molecule has 1 fully saturated rings. The van der Waals surface area contributed by atoms with E-state index in [9.17, 15) is 14.7 Å². The van der Waals surface area contributed by atoms with Crippen LogP contribution < -0.4 is 5.32 Å². The van der Waals surface area contributed by atoms with Gasteiger partial charge in [-0.05, 0) is 53.5 Å². The molecule has 1 aliphatic rings. The van der Waals surface area contributed by atoms with Crippen LogP contribution in [0.2, 0.25) is 0 Å². The van der Waals surface area contributed by atoms with Crippen molar-refractivity contribution in [2.45, 2.75) is 25.7 Å². The fourth-order valence-electron chi connectivity index (χ4n) is 2.74. The summed E-state index contributed by atoms with van der Waals surface area (Å²) in [7, 11) is 0. The number of carboxylic acid groups (broad SMARTS) is 1. The Hall–Kier alpha value is -1.11. The van der Waals surface area contributed by atoms with E-state index in [1.54, 1.807) is 6.07 Å². The van der Waals surface area contributed by atoms with Crippen molar-refractivity contribution in [3.8, 4) is 0 Å². The van der Waals surface area contributed by atoms with Gasteiger partial charge in [0.2, 0.25) is 0 Å². The molecule has 0 bridgehead atoms. The minimum atomic E-state index is -0.738. The zero-order chi connectivity index (χ0) is 14.5. The van der Waals surface area contributed by atoms with Gasteiger partial charge in [-0.1, -0.05) is 25.0 Å². The van der Waals surface area contributed by atoms with E-state index in [1.807, 2.05) is 18.2 Å². The van der Waals surface area contributed by atoms with E-state index in [0.717, 1.165) is 29.3 Å². The summed E-state index contributed by atoms with van der Waals surface area (Å²) < 4.78 is 0.904. The number of nitrogens with one attached hydrogen (secondary N) is 1. The largest absolute Gasteiger partial charge is 0.481 e. The highest BCUT2D eigenvalue weighted by molar-refractivity contribution is 14.1. The molecular weight excluding hydrogens is 369 g/mol. The molecule has 2 atom stereocenters. The minimum absolute atomic E-state index is 0.0478. The lowest BCUT2D eigenvalue weighted by Gasteiger charge is -2.28. The zero-order valence-electron chi connectivity index (χ0n) is 11.1. The van der Waals surface area contributed by atoms with Crippen LogP contribution in [-0.4, -0.2) is 23.5 Å². The fraction of sp³-hybridized carbons (Fsp3) is 0.467. The molecule has 2 N–H and O–H groups in total. The summed E-state index contributed by atoms with van der Waals surface area (Å²) in [5.41, 5.74) is 0.649. The molecule has 1 aromatic carbocycles. The third-order valence-electron chi connectivity index (χ3n) is 3.87. The van der Waals surface area contributed by atoms with Gasteiger partial charge in [-0.2, -0.15) is 0 Å². The maximum atomic E-state index is 12.1. The standard InChI is InChI=1S/C15H18INO3/c16-13-8-4-3-7-12(13)14(18)17-9-10-5-1-2-6-11(10)15(19)20/h3-4,7-8,10-11H,1-2,5-6,9H2,(H,17,18)(H,19,20). The Balaban J connectivity index is 1.95. The van der Waals surface area contributed by atoms with E-state index in [4.69, 9.17) is 0 Å². The first-order valence-electron chi connectivity index (χ1n) is 6.85. The molecule has 1 saturated carbocycles. The highest BCUT2D eigenvalue weighted by Crippen LogP contribution is 2.29. The van der Waals surface area contributed by atoms with Crippen LogP contribution in [0.3, 0.4) is 0 Å². The fourth-order valence-corrected chi connectivity index (χ4v) is 3.37. The maximum absolute atomic E-state index is 12.1. The van der Waals surface area contributed by atoms with Crippen molar-refractivity contribution in [3.63, 3.8) is 0 Å². The summed E-state index contributed by atoms with van der Waals surface area (Å²) in [6, 6.07) is 7.39. The Labute approximate surface area is 132 Å². The lowest BCUT2D eigenvalue weighted by atomic mass is 9.79. The SMILES string of the molecule is O=C(NCC1CCCCC1C(=O)O)c1ccccc1I. The molecule has 2 rings (SSSR count). The molecule has 20 heavy (non-hydrogen) atoms. The molecule has 0 spiro atoms. The van der Waals surface area contributed by atoms with Gasteiger partial charge < -0.3 is 10.4 Å². The van der Waals surface area contributed by atoms with E-state index in [2.05, 4.69) is 27.9 Å². The molecule has 0 radical (unpaired) electrons. The number of halogens is 1.